The van der Waals surface area contributed by atoms with Gasteiger partial charge in [-0.2, -0.15) is 9.29 Å². The molecule has 3 rings (SSSR count). The standard InChI is InChI=1S/C15H21N5O6S/c1-10-14(25-9-16-10)15(21)19-6-11(7-19)20(27(3,22)23)5-4-12-17-13(8-24-2)26-18-12/h9,11H,4-8H2,1-3H3. The van der Waals surface area contributed by atoms with Crippen molar-refractivity contribution in [1.29, 1.82) is 0 Å². The molecular formula is C15H21N5O6S. The first-order chi connectivity index (χ1) is 12.8. The maximum absolute atomic E-state index is 12.4. The maximum atomic E-state index is 12.4. The topological polar surface area (TPSA) is 132 Å². The van der Waals surface area contributed by atoms with E-state index in [9.17, 15) is 13.2 Å². The van der Waals surface area contributed by atoms with Gasteiger partial charge >= 0.3 is 0 Å². The summed E-state index contributed by atoms with van der Waals surface area (Å²) in [6.07, 6.45) is 2.65. The van der Waals surface area contributed by atoms with Crippen LogP contribution in [0.15, 0.2) is 15.3 Å². The molecule has 2 aromatic rings. The molecule has 148 valence electrons. The summed E-state index contributed by atoms with van der Waals surface area (Å²) in [5, 5.41) is 3.81. The molecule has 0 radical (unpaired) electrons. The van der Waals surface area contributed by atoms with Gasteiger partial charge in [0.25, 0.3) is 11.8 Å². The van der Waals surface area contributed by atoms with Crippen LogP contribution < -0.4 is 0 Å². The molecule has 27 heavy (non-hydrogen) atoms. The molecule has 0 aromatic carbocycles. The van der Waals surface area contributed by atoms with Gasteiger partial charge in [-0.25, -0.2) is 13.4 Å². The third kappa shape index (κ3) is 4.34. The second kappa shape index (κ2) is 7.74. The molecule has 0 unspecified atom stereocenters. The number of amides is 1. The number of carbonyl (C=O) groups excluding carboxylic acids is 1. The molecule has 1 amide bonds. The van der Waals surface area contributed by atoms with E-state index < -0.39 is 10.0 Å². The number of likely N-dealkylation sites (tertiary alicyclic amines) is 1. The van der Waals surface area contributed by atoms with Crippen molar-refractivity contribution in [2.45, 2.75) is 26.0 Å². The highest BCUT2D eigenvalue weighted by atomic mass is 32.2. The van der Waals surface area contributed by atoms with E-state index in [1.807, 2.05) is 0 Å². The number of rotatable bonds is 8. The normalized spacial score (nSPS) is 15.3. The van der Waals surface area contributed by atoms with E-state index in [0.29, 0.717) is 23.8 Å². The minimum absolute atomic E-state index is 0.178. The van der Waals surface area contributed by atoms with Crippen LogP contribution in [0, 0.1) is 6.92 Å². The van der Waals surface area contributed by atoms with Crippen molar-refractivity contribution in [3.63, 3.8) is 0 Å². The summed E-state index contributed by atoms with van der Waals surface area (Å²) >= 11 is 0. The predicted octanol–water partition coefficient (Wildman–Crippen LogP) is -0.159. The van der Waals surface area contributed by atoms with Gasteiger partial charge in [-0.15, -0.1) is 0 Å². The molecule has 0 N–H and O–H groups in total. The van der Waals surface area contributed by atoms with E-state index >= 15 is 0 Å². The van der Waals surface area contributed by atoms with E-state index in [2.05, 4.69) is 15.1 Å². The summed E-state index contributed by atoms with van der Waals surface area (Å²) in [7, 11) is -1.95. The fraction of sp³-hybridized carbons (Fsp3) is 0.600. The van der Waals surface area contributed by atoms with Crippen molar-refractivity contribution in [3.8, 4) is 0 Å². The third-order valence-corrected chi connectivity index (χ3v) is 5.59. The summed E-state index contributed by atoms with van der Waals surface area (Å²) in [5.41, 5.74) is 0.507. The van der Waals surface area contributed by atoms with Gasteiger partial charge in [0.15, 0.2) is 12.2 Å². The van der Waals surface area contributed by atoms with Crippen LogP contribution in [-0.2, 0) is 27.8 Å². The van der Waals surface area contributed by atoms with Crippen LogP contribution in [-0.4, -0.2) is 77.7 Å². The molecule has 1 saturated heterocycles. The fourth-order valence-electron chi connectivity index (χ4n) is 2.86. The lowest BCUT2D eigenvalue weighted by molar-refractivity contribution is 0.0423. The Morgan fingerprint density at radius 3 is 2.78 bits per heavy atom. The van der Waals surface area contributed by atoms with Crippen LogP contribution in [0.3, 0.4) is 0 Å². The number of nitrogens with zero attached hydrogens (tertiary/aromatic N) is 5. The first-order valence-electron chi connectivity index (χ1n) is 8.26. The third-order valence-electron chi connectivity index (χ3n) is 4.26. The molecule has 12 heteroatoms. The van der Waals surface area contributed by atoms with Crippen LogP contribution in [0.25, 0.3) is 0 Å². The van der Waals surface area contributed by atoms with Gasteiger partial charge in [0, 0.05) is 33.2 Å². The SMILES string of the molecule is COCc1nc(CCN(C2CN(C(=O)c3ocnc3C)C2)S(C)(=O)=O)no1. The van der Waals surface area contributed by atoms with Crippen LogP contribution in [0.2, 0.25) is 0 Å². The zero-order valence-corrected chi connectivity index (χ0v) is 16.1. The van der Waals surface area contributed by atoms with Crippen LogP contribution >= 0.6 is 0 Å². The van der Waals surface area contributed by atoms with Gasteiger partial charge in [0.1, 0.15) is 6.61 Å². The van der Waals surface area contributed by atoms with E-state index in [4.69, 9.17) is 13.7 Å². The molecule has 0 atom stereocenters. The molecule has 0 saturated carbocycles. The van der Waals surface area contributed by atoms with Crippen molar-refractivity contribution in [3.05, 3.63) is 29.6 Å². The van der Waals surface area contributed by atoms with Crippen molar-refractivity contribution in [2.75, 3.05) is 33.0 Å². The number of aryl methyl sites for hydroxylation is 1. The molecule has 1 fully saturated rings. The quantitative estimate of drug-likeness (QED) is 0.594. The second-order valence-corrected chi connectivity index (χ2v) is 8.23. The van der Waals surface area contributed by atoms with Crippen molar-refractivity contribution < 1.29 is 26.9 Å². The lowest BCUT2D eigenvalue weighted by atomic mass is 10.1. The van der Waals surface area contributed by atoms with Gasteiger partial charge in [0.2, 0.25) is 15.8 Å². The van der Waals surface area contributed by atoms with Gasteiger partial charge in [-0.1, -0.05) is 5.16 Å². The maximum Gasteiger partial charge on any atom is 0.291 e. The van der Waals surface area contributed by atoms with Crippen molar-refractivity contribution >= 4 is 15.9 Å². The zero-order valence-electron chi connectivity index (χ0n) is 15.3. The van der Waals surface area contributed by atoms with Gasteiger partial charge in [-0.3, -0.25) is 4.79 Å². The Labute approximate surface area is 156 Å². The van der Waals surface area contributed by atoms with E-state index in [1.165, 1.54) is 22.7 Å². The average Bonchev–Trinajstić information content (AvgIpc) is 3.17. The zero-order chi connectivity index (χ0) is 19.6. The molecule has 0 spiro atoms. The average molecular weight is 399 g/mol. The minimum Gasteiger partial charge on any atom is -0.438 e. The number of hydrogen-bond donors (Lipinski definition) is 0. The Bertz CT molecular complexity index is 901. The monoisotopic (exact) mass is 399 g/mol. The molecule has 3 heterocycles. The summed E-state index contributed by atoms with van der Waals surface area (Å²) in [4.78, 5) is 21.9. The van der Waals surface area contributed by atoms with Gasteiger partial charge in [0.05, 0.1) is 18.0 Å². The Hall–Kier alpha value is -2.31. The highest BCUT2D eigenvalue weighted by Crippen LogP contribution is 2.21. The number of carbonyl (C=O) groups is 1. The van der Waals surface area contributed by atoms with Crippen LogP contribution in [0.5, 0.6) is 0 Å². The number of ether oxygens (including phenoxy) is 1. The highest BCUT2D eigenvalue weighted by Gasteiger charge is 2.40. The van der Waals surface area contributed by atoms with Crippen LogP contribution in [0.4, 0.5) is 0 Å². The van der Waals surface area contributed by atoms with E-state index in [-0.39, 0.29) is 44.0 Å². The van der Waals surface area contributed by atoms with Crippen molar-refractivity contribution in [1.82, 2.24) is 24.3 Å². The lowest BCUT2D eigenvalue weighted by Gasteiger charge is -2.43. The van der Waals surface area contributed by atoms with Gasteiger partial charge < -0.3 is 18.6 Å². The molecule has 2 aromatic heterocycles. The first kappa shape index (κ1) is 19.5. The minimum atomic E-state index is -3.46. The highest BCUT2D eigenvalue weighted by molar-refractivity contribution is 7.88. The Balaban J connectivity index is 1.60. The Morgan fingerprint density at radius 2 is 2.19 bits per heavy atom. The molecule has 11 nitrogen and oxygen atoms in total. The van der Waals surface area contributed by atoms with Crippen LogP contribution in [0.1, 0.15) is 28.0 Å². The molecule has 0 aliphatic carbocycles. The summed E-state index contributed by atoms with van der Waals surface area (Å²) in [6, 6.07) is -0.308. The molecular weight excluding hydrogens is 378 g/mol. The molecule has 1 aliphatic heterocycles. The number of methoxy groups -OCH3 is 1. The largest absolute Gasteiger partial charge is 0.438 e. The van der Waals surface area contributed by atoms with Crippen molar-refractivity contribution in [2.24, 2.45) is 0 Å². The summed E-state index contributed by atoms with van der Waals surface area (Å²) < 4.78 is 40.7. The first-order valence-corrected chi connectivity index (χ1v) is 10.1. The van der Waals surface area contributed by atoms with Gasteiger partial charge in [-0.05, 0) is 6.92 Å². The molecule has 1 aliphatic rings. The van der Waals surface area contributed by atoms with E-state index in [0.717, 1.165) is 6.26 Å². The van der Waals surface area contributed by atoms with E-state index in [1.54, 1.807) is 6.92 Å². The summed E-state index contributed by atoms with van der Waals surface area (Å²) in [6.45, 7) is 2.64. The number of sulfonamides is 1. The predicted molar refractivity (Wildman–Crippen MR) is 91.2 cm³/mol. The fourth-order valence-corrected chi connectivity index (χ4v) is 3.96. The number of oxazole rings is 1. The Kier molecular flexibility index (Phi) is 5.58. The number of hydrogen-bond acceptors (Lipinski definition) is 9. The smallest absolute Gasteiger partial charge is 0.291 e. The summed E-state index contributed by atoms with van der Waals surface area (Å²) in [5.74, 6) is 0.621. The number of aromatic nitrogens is 3. The molecule has 0 bridgehead atoms. The lowest BCUT2D eigenvalue weighted by Crippen LogP contribution is -2.62. The second-order valence-electron chi connectivity index (χ2n) is 6.29. The Morgan fingerprint density at radius 1 is 1.44 bits per heavy atom.